The predicted molar refractivity (Wildman–Crippen MR) is 201 cm³/mol. The van der Waals surface area contributed by atoms with Gasteiger partial charge in [0.25, 0.3) is 0 Å². The number of ether oxygens (including phenoxy) is 4. The van der Waals surface area contributed by atoms with Gasteiger partial charge in [-0.25, -0.2) is 9.59 Å². The van der Waals surface area contributed by atoms with Crippen LogP contribution in [0.5, 0.6) is 11.5 Å². The van der Waals surface area contributed by atoms with E-state index in [1.165, 1.54) is 56.7 Å². The van der Waals surface area contributed by atoms with Crippen LogP contribution in [0.4, 0.5) is 0 Å². The van der Waals surface area contributed by atoms with Gasteiger partial charge in [-0.3, -0.25) is 0 Å². The van der Waals surface area contributed by atoms with Crippen LogP contribution < -0.4 is 9.47 Å². The topological polar surface area (TPSA) is 71.1 Å². The Morgan fingerprint density at radius 3 is 1.26 bits per heavy atom. The number of rotatable bonds is 20. The smallest absolute Gasteiger partial charge is 0.330 e. The highest BCUT2D eigenvalue weighted by atomic mass is 16.5. The van der Waals surface area contributed by atoms with E-state index in [0.717, 1.165) is 62.9 Å². The molecule has 0 aliphatic heterocycles. The van der Waals surface area contributed by atoms with E-state index in [1.807, 2.05) is 24.3 Å². The van der Waals surface area contributed by atoms with Crippen molar-refractivity contribution in [3.05, 3.63) is 121 Å². The Kier molecular flexibility index (Phi) is 13.5. The van der Waals surface area contributed by atoms with Crippen molar-refractivity contribution in [1.82, 2.24) is 0 Å². The summed E-state index contributed by atoms with van der Waals surface area (Å²) in [5.74, 6) is 1.33. The number of hydrogen-bond donors (Lipinski definition) is 0. The van der Waals surface area contributed by atoms with Crippen molar-refractivity contribution in [2.75, 3.05) is 26.4 Å². The number of unbranched alkanes of at least 4 members (excludes halogenated alkanes) is 6. The van der Waals surface area contributed by atoms with Gasteiger partial charge in [-0.05, 0) is 132 Å². The number of esters is 2. The van der Waals surface area contributed by atoms with E-state index in [-0.39, 0.29) is 11.9 Å². The molecule has 50 heavy (non-hydrogen) atoms. The van der Waals surface area contributed by atoms with E-state index in [9.17, 15) is 9.59 Å². The monoisotopic (exact) mass is 672 g/mol. The molecule has 6 heteroatoms. The molecule has 0 aromatic heterocycles. The maximum absolute atomic E-state index is 11.1. The minimum absolute atomic E-state index is 0.299. The van der Waals surface area contributed by atoms with Crippen LogP contribution in [-0.2, 0) is 19.1 Å². The third kappa shape index (κ3) is 9.97. The van der Waals surface area contributed by atoms with Crippen LogP contribution in [0.15, 0.2) is 110 Å². The highest BCUT2D eigenvalue weighted by Crippen LogP contribution is 2.47. The maximum atomic E-state index is 11.1. The summed E-state index contributed by atoms with van der Waals surface area (Å²) in [4.78, 5) is 22.2. The highest BCUT2D eigenvalue weighted by Gasteiger charge is 2.26. The molecular weight excluding hydrogens is 624 g/mol. The van der Waals surface area contributed by atoms with Gasteiger partial charge in [-0.1, -0.05) is 68.6 Å². The maximum Gasteiger partial charge on any atom is 0.330 e. The third-order valence-electron chi connectivity index (χ3n) is 9.14. The van der Waals surface area contributed by atoms with Crippen LogP contribution in [0.2, 0.25) is 0 Å². The van der Waals surface area contributed by atoms with Gasteiger partial charge in [0, 0.05) is 18.1 Å². The largest absolute Gasteiger partial charge is 0.494 e. The van der Waals surface area contributed by atoms with Gasteiger partial charge in [0.1, 0.15) is 11.5 Å². The second kappa shape index (κ2) is 18.6. The van der Waals surface area contributed by atoms with Crippen molar-refractivity contribution in [1.29, 1.82) is 0 Å². The molecule has 1 aliphatic rings. The Morgan fingerprint density at radius 2 is 0.880 bits per heavy atom. The molecule has 0 bridgehead atoms. The molecule has 1 aliphatic carbocycles. The number of carbonyl (C=O) groups is 2. The summed E-state index contributed by atoms with van der Waals surface area (Å²) >= 11 is 0. The Bertz CT molecular complexity index is 1610. The van der Waals surface area contributed by atoms with E-state index in [1.54, 1.807) is 0 Å². The molecule has 260 valence electrons. The molecule has 0 amide bonds. The fraction of sp³-hybridized carbons (Fsp3) is 0.318. The minimum Gasteiger partial charge on any atom is -0.494 e. The normalized spacial score (nSPS) is 11.7. The van der Waals surface area contributed by atoms with E-state index < -0.39 is 0 Å². The van der Waals surface area contributed by atoms with Gasteiger partial charge >= 0.3 is 11.9 Å². The fourth-order valence-corrected chi connectivity index (χ4v) is 6.31. The predicted octanol–water partition coefficient (Wildman–Crippen LogP) is 10.5. The first-order valence-electron chi connectivity index (χ1n) is 17.8. The first-order chi connectivity index (χ1) is 24.5. The standard InChI is InChI=1S/C44H48O6/c1-4-43(45)49-28-12-8-6-10-26-47-37-20-14-33(15-21-37)35-18-24-39-40-25-19-36(31-42(40)32(3)41(39)30-35)34-16-22-38(23-17-34)48-27-11-7-9-13-29-50-44(46)5-2/h4-5,14-25,30-32H,1-2,6-13,26-29H2,3H3. The van der Waals surface area contributed by atoms with Gasteiger partial charge in [-0.2, -0.15) is 0 Å². The SMILES string of the molecule is C=CC(=O)OCCCCCCOc1ccc(-c2ccc3c(c2)C(C)c2cc(-c4ccc(OCCCCCCOC(=O)C=C)cc4)ccc2-3)cc1. The molecule has 0 radical (unpaired) electrons. The molecule has 0 saturated carbocycles. The summed E-state index contributed by atoms with van der Waals surface area (Å²) in [5, 5.41) is 0. The molecule has 0 N–H and O–H groups in total. The second-order valence-corrected chi connectivity index (χ2v) is 12.6. The van der Waals surface area contributed by atoms with Crippen LogP contribution in [0.3, 0.4) is 0 Å². The first kappa shape index (κ1) is 36.2. The van der Waals surface area contributed by atoms with Crippen molar-refractivity contribution in [2.24, 2.45) is 0 Å². The first-order valence-corrected chi connectivity index (χ1v) is 17.8. The van der Waals surface area contributed by atoms with Crippen molar-refractivity contribution in [3.63, 3.8) is 0 Å². The van der Waals surface area contributed by atoms with E-state index >= 15 is 0 Å². The van der Waals surface area contributed by atoms with E-state index in [0.29, 0.717) is 32.3 Å². The third-order valence-corrected chi connectivity index (χ3v) is 9.14. The lowest BCUT2D eigenvalue weighted by atomic mass is 9.94. The summed E-state index contributed by atoms with van der Waals surface area (Å²) in [6, 6.07) is 30.4. The van der Waals surface area contributed by atoms with Gasteiger partial charge in [0.15, 0.2) is 0 Å². The number of fused-ring (bicyclic) bond motifs is 3. The summed E-state index contributed by atoms with van der Waals surface area (Å²) in [6.45, 7) is 11.3. The van der Waals surface area contributed by atoms with Crippen molar-refractivity contribution in [2.45, 2.75) is 64.2 Å². The molecule has 0 fully saturated rings. The zero-order valence-electron chi connectivity index (χ0n) is 29.2. The van der Waals surface area contributed by atoms with Crippen LogP contribution in [0.1, 0.15) is 75.3 Å². The molecule has 4 aromatic rings. The summed E-state index contributed by atoms with van der Waals surface area (Å²) in [6.07, 6.45) is 10.1. The van der Waals surface area contributed by atoms with Gasteiger partial charge in [0.2, 0.25) is 0 Å². The molecule has 0 spiro atoms. The molecule has 0 heterocycles. The Labute approximate surface area is 296 Å². The summed E-state index contributed by atoms with van der Waals surface area (Å²) < 4.78 is 22.0. The van der Waals surface area contributed by atoms with Gasteiger partial charge in [0.05, 0.1) is 26.4 Å². The Morgan fingerprint density at radius 1 is 0.520 bits per heavy atom. The van der Waals surface area contributed by atoms with Gasteiger partial charge in [-0.15, -0.1) is 0 Å². The highest BCUT2D eigenvalue weighted by molar-refractivity contribution is 5.84. The lowest BCUT2D eigenvalue weighted by Crippen LogP contribution is -2.02. The van der Waals surface area contributed by atoms with Crippen LogP contribution in [0.25, 0.3) is 33.4 Å². The van der Waals surface area contributed by atoms with Crippen molar-refractivity contribution >= 4 is 11.9 Å². The summed E-state index contributed by atoms with van der Waals surface area (Å²) in [7, 11) is 0. The molecule has 0 unspecified atom stereocenters. The minimum atomic E-state index is -0.362. The number of hydrogen-bond acceptors (Lipinski definition) is 6. The molecule has 4 aromatic carbocycles. The average Bonchev–Trinajstić information content (AvgIpc) is 3.43. The lowest BCUT2D eigenvalue weighted by Gasteiger charge is -2.11. The van der Waals surface area contributed by atoms with Crippen molar-refractivity contribution < 1.29 is 28.5 Å². The Balaban J connectivity index is 1.09. The molecule has 6 nitrogen and oxygen atoms in total. The number of benzene rings is 4. The quantitative estimate of drug-likeness (QED) is 0.0529. The molecular formula is C44H48O6. The van der Waals surface area contributed by atoms with E-state index in [2.05, 4.69) is 80.7 Å². The number of carbonyl (C=O) groups excluding carboxylic acids is 2. The average molecular weight is 673 g/mol. The lowest BCUT2D eigenvalue weighted by molar-refractivity contribution is -0.138. The fourth-order valence-electron chi connectivity index (χ4n) is 6.31. The Hall–Kier alpha value is -5.10. The molecule has 0 saturated heterocycles. The van der Waals surface area contributed by atoms with E-state index in [4.69, 9.17) is 18.9 Å². The zero-order valence-corrected chi connectivity index (χ0v) is 29.2. The van der Waals surface area contributed by atoms with Crippen LogP contribution in [0, 0.1) is 0 Å². The van der Waals surface area contributed by atoms with Gasteiger partial charge < -0.3 is 18.9 Å². The zero-order chi connectivity index (χ0) is 35.1. The molecule has 5 rings (SSSR count). The molecule has 0 atom stereocenters. The van der Waals surface area contributed by atoms with Crippen molar-refractivity contribution in [3.8, 4) is 44.9 Å². The second-order valence-electron chi connectivity index (χ2n) is 12.6. The summed E-state index contributed by atoms with van der Waals surface area (Å²) in [5.41, 5.74) is 10.1. The van der Waals surface area contributed by atoms with Crippen LogP contribution >= 0.6 is 0 Å². The van der Waals surface area contributed by atoms with Crippen LogP contribution in [-0.4, -0.2) is 38.4 Å².